The van der Waals surface area contributed by atoms with Gasteiger partial charge >= 0.3 is 0 Å². The maximum Gasteiger partial charge on any atom is 0.0425 e. The molecule has 2 unspecified atom stereocenters. The fourth-order valence-electron chi connectivity index (χ4n) is 1.72. The summed E-state index contributed by atoms with van der Waals surface area (Å²) in [6.07, 6.45) is 7.32. The summed E-state index contributed by atoms with van der Waals surface area (Å²) in [5.74, 6) is 1.21. The fourth-order valence-corrected chi connectivity index (χ4v) is 1.72. The maximum absolute atomic E-state index is 7.87. The van der Waals surface area contributed by atoms with Crippen LogP contribution in [0.15, 0.2) is 36.0 Å². The highest BCUT2D eigenvalue weighted by atomic mass is 14.6. The van der Waals surface area contributed by atoms with E-state index >= 15 is 0 Å². The molecule has 2 rings (SSSR count). The standard InChI is InChI=1S/C11H13N/c1-3-7(2)9-5-4-8-6-10(8)11(9)12/h3-5,8,10,12H,1,6H2,2H3/b9-7-,12-11?. The molecule has 1 nitrogen and oxygen atoms in total. The Balaban J connectivity index is 2.39. The molecule has 62 valence electrons. The van der Waals surface area contributed by atoms with Gasteiger partial charge in [0.2, 0.25) is 0 Å². The van der Waals surface area contributed by atoms with E-state index in [1.165, 1.54) is 6.42 Å². The van der Waals surface area contributed by atoms with Gasteiger partial charge in [0.25, 0.3) is 0 Å². The molecule has 12 heavy (non-hydrogen) atoms. The number of nitrogens with one attached hydrogen (secondary N) is 1. The van der Waals surface area contributed by atoms with Crippen molar-refractivity contribution in [2.75, 3.05) is 0 Å². The lowest BCUT2D eigenvalue weighted by Crippen LogP contribution is -2.08. The van der Waals surface area contributed by atoms with Gasteiger partial charge in [-0.1, -0.05) is 24.8 Å². The third-order valence-electron chi connectivity index (χ3n) is 2.74. The van der Waals surface area contributed by atoms with Crippen LogP contribution in [0.25, 0.3) is 0 Å². The predicted octanol–water partition coefficient (Wildman–Crippen LogP) is 2.71. The van der Waals surface area contributed by atoms with Gasteiger partial charge in [-0.3, -0.25) is 0 Å². The first-order chi connectivity index (χ1) is 5.74. The first kappa shape index (κ1) is 7.53. The molecular weight excluding hydrogens is 146 g/mol. The van der Waals surface area contributed by atoms with E-state index in [2.05, 4.69) is 18.7 Å². The molecule has 2 aliphatic carbocycles. The van der Waals surface area contributed by atoms with Crippen LogP contribution in [0, 0.1) is 17.2 Å². The van der Waals surface area contributed by atoms with E-state index in [1.807, 2.05) is 13.0 Å². The van der Waals surface area contributed by atoms with Crippen LogP contribution in [0.5, 0.6) is 0 Å². The summed E-state index contributed by atoms with van der Waals surface area (Å²) >= 11 is 0. The Morgan fingerprint density at radius 1 is 1.75 bits per heavy atom. The normalized spacial score (nSPS) is 35.9. The molecule has 0 bridgehead atoms. The second kappa shape index (κ2) is 2.44. The Kier molecular flexibility index (Phi) is 1.53. The van der Waals surface area contributed by atoms with Crippen molar-refractivity contribution in [1.29, 1.82) is 5.41 Å². The van der Waals surface area contributed by atoms with Crippen LogP contribution >= 0.6 is 0 Å². The van der Waals surface area contributed by atoms with Crippen molar-refractivity contribution in [2.24, 2.45) is 11.8 Å². The molecule has 0 saturated heterocycles. The summed E-state index contributed by atoms with van der Waals surface area (Å²) in [4.78, 5) is 0. The fraction of sp³-hybridized carbons (Fsp3) is 0.364. The van der Waals surface area contributed by atoms with Gasteiger partial charge in [0.15, 0.2) is 0 Å². The quantitative estimate of drug-likeness (QED) is 0.608. The zero-order valence-corrected chi connectivity index (χ0v) is 7.30. The molecule has 0 aliphatic heterocycles. The van der Waals surface area contributed by atoms with Gasteiger partial charge < -0.3 is 5.41 Å². The SMILES string of the molecule is C=C/C(C)=C1/C=CC2CC2C1=N. The van der Waals surface area contributed by atoms with Gasteiger partial charge in [0.05, 0.1) is 0 Å². The van der Waals surface area contributed by atoms with E-state index in [9.17, 15) is 0 Å². The molecule has 2 atom stereocenters. The van der Waals surface area contributed by atoms with E-state index in [0.717, 1.165) is 16.9 Å². The number of rotatable bonds is 1. The van der Waals surface area contributed by atoms with Crippen LogP contribution in [0.1, 0.15) is 13.3 Å². The Morgan fingerprint density at radius 3 is 3.17 bits per heavy atom. The van der Waals surface area contributed by atoms with Gasteiger partial charge in [-0.25, -0.2) is 0 Å². The molecule has 0 aromatic heterocycles. The van der Waals surface area contributed by atoms with Crippen molar-refractivity contribution in [3.8, 4) is 0 Å². The van der Waals surface area contributed by atoms with Gasteiger partial charge in [-0.2, -0.15) is 0 Å². The number of fused-ring (bicyclic) bond motifs is 1. The Labute approximate surface area is 73.0 Å². The topological polar surface area (TPSA) is 23.9 Å². The van der Waals surface area contributed by atoms with E-state index in [-0.39, 0.29) is 0 Å². The second-order valence-corrected chi connectivity index (χ2v) is 3.58. The molecule has 1 heteroatoms. The summed E-state index contributed by atoms with van der Waals surface area (Å²) in [7, 11) is 0. The van der Waals surface area contributed by atoms with Crippen LogP contribution in [0.4, 0.5) is 0 Å². The lowest BCUT2D eigenvalue weighted by molar-refractivity contribution is 1.00. The minimum absolute atomic E-state index is 0.528. The highest BCUT2D eigenvalue weighted by molar-refractivity contribution is 6.05. The summed E-state index contributed by atoms with van der Waals surface area (Å²) in [5, 5.41) is 7.87. The minimum atomic E-state index is 0.528. The number of hydrogen-bond donors (Lipinski definition) is 1. The van der Waals surface area contributed by atoms with Crippen molar-refractivity contribution < 1.29 is 0 Å². The highest BCUT2D eigenvalue weighted by Gasteiger charge is 2.41. The minimum Gasteiger partial charge on any atom is -0.304 e. The third kappa shape index (κ3) is 0.970. The van der Waals surface area contributed by atoms with Crippen molar-refractivity contribution in [3.63, 3.8) is 0 Å². The summed E-state index contributed by atoms with van der Waals surface area (Å²) in [6, 6.07) is 0. The van der Waals surface area contributed by atoms with Gasteiger partial charge in [0.1, 0.15) is 0 Å². The summed E-state index contributed by atoms with van der Waals surface area (Å²) in [6.45, 7) is 5.74. The van der Waals surface area contributed by atoms with E-state index < -0.39 is 0 Å². The molecule has 1 saturated carbocycles. The lowest BCUT2D eigenvalue weighted by atomic mass is 9.95. The van der Waals surface area contributed by atoms with Crippen LogP contribution < -0.4 is 0 Å². The summed E-state index contributed by atoms with van der Waals surface area (Å²) < 4.78 is 0. The molecule has 2 aliphatic rings. The molecule has 1 fully saturated rings. The zero-order valence-electron chi connectivity index (χ0n) is 7.30. The molecule has 1 N–H and O–H groups in total. The lowest BCUT2D eigenvalue weighted by Gasteiger charge is -2.10. The molecular formula is C11H13N. The van der Waals surface area contributed by atoms with E-state index in [0.29, 0.717) is 11.8 Å². The zero-order chi connectivity index (χ0) is 8.72. The van der Waals surface area contributed by atoms with Crippen LogP contribution in [0.2, 0.25) is 0 Å². The average Bonchev–Trinajstić information content (AvgIpc) is 2.83. The molecule has 0 amide bonds. The van der Waals surface area contributed by atoms with Gasteiger partial charge in [-0.15, -0.1) is 0 Å². The maximum atomic E-state index is 7.87. The molecule has 0 aromatic rings. The van der Waals surface area contributed by atoms with Crippen molar-refractivity contribution in [2.45, 2.75) is 13.3 Å². The Bertz CT molecular complexity index is 307. The molecule has 0 radical (unpaired) electrons. The van der Waals surface area contributed by atoms with Gasteiger partial charge in [0, 0.05) is 11.6 Å². The number of hydrogen-bond acceptors (Lipinski definition) is 1. The Hall–Kier alpha value is -1.11. The first-order valence-corrected chi connectivity index (χ1v) is 4.34. The van der Waals surface area contributed by atoms with Crippen LogP contribution in [0.3, 0.4) is 0 Å². The molecule has 0 spiro atoms. The first-order valence-electron chi connectivity index (χ1n) is 4.34. The summed E-state index contributed by atoms with van der Waals surface area (Å²) in [5.41, 5.74) is 3.03. The highest BCUT2D eigenvalue weighted by Crippen LogP contribution is 2.45. The molecule has 0 heterocycles. The van der Waals surface area contributed by atoms with Crippen LogP contribution in [-0.4, -0.2) is 5.71 Å². The van der Waals surface area contributed by atoms with E-state index in [1.54, 1.807) is 0 Å². The van der Waals surface area contributed by atoms with Crippen LogP contribution in [-0.2, 0) is 0 Å². The third-order valence-corrected chi connectivity index (χ3v) is 2.74. The Morgan fingerprint density at radius 2 is 2.50 bits per heavy atom. The largest absolute Gasteiger partial charge is 0.304 e. The predicted molar refractivity (Wildman–Crippen MR) is 51.4 cm³/mol. The van der Waals surface area contributed by atoms with E-state index in [4.69, 9.17) is 5.41 Å². The van der Waals surface area contributed by atoms with Gasteiger partial charge in [-0.05, 0) is 30.4 Å². The van der Waals surface area contributed by atoms with Crippen molar-refractivity contribution in [1.82, 2.24) is 0 Å². The monoisotopic (exact) mass is 159 g/mol. The average molecular weight is 159 g/mol. The van der Waals surface area contributed by atoms with Crippen molar-refractivity contribution >= 4 is 5.71 Å². The van der Waals surface area contributed by atoms with Crippen molar-refractivity contribution in [3.05, 3.63) is 36.0 Å². The smallest absolute Gasteiger partial charge is 0.0425 e. The molecule has 0 aromatic carbocycles. The second-order valence-electron chi connectivity index (χ2n) is 3.58. The number of allylic oxidation sites excluding steroid dienone is 5.